The molecule has 0 radical (unpaired) electrons. The number of nitrogen functional groups attached to an aromatic ring is 1. The number of primary amides is 1. The van der Waals surface area contributed by atoms with Crippen LogP contribution in [0.3, 0.4) is 0 Å². The number of nitriles is 1. The van der Waals surface area contributed by atoms with E-state index in [9.17, 15) is 4.79 Å². The van der Waals surface area contributed by atoms with Crippen LogP contribution in [-0.4, -0.2) is 5.91 Å². The minimum Gasteiger partial charge on any atom is -0.399 e. The molecule has 0 aromatic heterocycles. The zero-order valence-electron chi connectivity index (χ0n) is 10.1. The quantitative estimate of drug-likeness (QED) is 0.726. The summed E-state index contributed by atoms with van der Waals surface area (Å²) >= 11 is 0. The first-order valence-corrected chi connectivity index (χ1v) is 5.56. The van der Waals surface area contributed by atoms with Crippen LogP contribution in [0, 0.1) is 11.3 Å². The van der Waals surface area contributed by atoms with Crippen molar-refractivity contribution in [1.29, 1.82) is 5.26 Å². The largest absolute Gasteiger partial charge is 0.399 e. The summed E-state index contributed by atoms with van der Waals surface area (Å²) in [5.41, 5.74) is 13.6. The maximum atomic E-state index is 11.3. The van der Waals surface area contributed by atoms with Crippen LogP contribution in [0.25, 0.3) is 0 Å². The van der Waals surface area contributed by atoms with Crippen molar-refractivity contribution in [2.75, 3.05) is 11.1 Å². The number of rotatable bonds is 3. The molecule has 1 amide bonds. The number of benzene rings is 2. The Morgan fingerprint density at radius 2 is 1.84 bits per heavy atom. The SMILES string of the molecule is N#Cc1ccc(Nc2ccc(N)cc2C(N)=O)cc1. The Balaban J connectivity index is 2.32. The molecule has 94 valence electrons. The lowest BCUT2D eigenvalue weighted by Crippen LogP contribution is -2.13. The van der Waals surface area contributed by atoms with Gasteiger partial charge in [0, 0.05) is 11.4 Å². The highest BCUT2D eigenvalue weighted by Crippen LogP contribution is 2.23. The molecule has 0 atom stereocenters. The average Bonchev–Trinajstić information content (AvgIpc) is 2.41. The first-order valence-electron chi connectivity index (χ1n) is 5.56. The third-order valence-electron chi connectivity index (χ3n) is 2.60. The molecular formula is C14H12N4O. The highest BCUT2D eigenvalue weighted by molar-refractivity contribution is 6.00. The number of nitrogens with zero attached hydrogens (tertiary/aromatic N) is 1. The Morgan fingerprint density at radius 3 is 2.42 bits per heavy atom. The second-order valence-electron chi connectivity index (χ2n) is 3.98. The Hall–Kier alpha value is -3.00. The van der Waals surface area contributed by atoms with E-state index in [2.05, 4.69) is 5.32 Å². The summed E-state index contributed by atoms with van der Waals surface area (Å²) in [6.45, 7) is 0. The maximum absolute atomic E-state index is 11.3. The van der Waals surface area contributed by atoms with Gasteiger partial charge in [-0.15, -0.1) is 0 Å². The number of carbonyl (C=O) groups excluding carboxylic acids is 1. The van der Waals surface area contributed by atoms with Crippen LogP contribution in [0.15, 0.2) is 42.5 Å². The van der Waals surface area contributed by atoms with Crippen molar-refractivity contribution in [1.82, 2.24) is 0 Å². The molecule has 19 heavy (non-hydrogen) atoms. The monoisotopic (exact) mass is 252 g/mol. The number of carbonyl (C=O) groups is 1. The molecule has 0 unspecified atom stereocenters. The van der Waals surface area contributed by atoms with E-state index in [1.807, 2.05) is 6.07 Å². The molecule has 5 nitrogen and oxygen atoms in total. The summed E-state index contributed by atoms with van der Waals surface area (Å²) in [6.07, 6.45) is 0. The summed E-state index contributed by atoms with van der Waals surface area (Å²) < 4.78 is 0. The summed E-state index contributed by atoms with van der Waals surface area (Å²) in [6, 6.07) is 13.8. The zero-order chi connectivity index (χ0) is 13.8. The van der Waals surface area contributed by atoms with E-state index in [1.165, 1.54) is 6.07 Å². The van der Waals surface area contributed by atoms with Crippen LogP contribution in [0.2, 0.25) is 0 Å². The fraction of sp³-hybridized carbons (Fsp3) is 0. The highest BCUT2D eigenvalue weighted by atomic mass is 16.1. The standard InChI is InChI=1S/C14H12N4O/c15-8-9-1-4-11(5-2-9)18-13-6-3-10(16)7-12(13)14(17)19/h1-7,18H,16H2,(H2,17,19). The smallest absolute Gasteiger partial charge is 0.250 e. The number of amides is 1. The van der Waals surface area contributed by atoms with E-state index >= 15 is 0 Å². The Bertz CT molecular complexity index is 656. The molecule has 0 saturated carbocycles. The van der Waals surface area contributed by atoms with Gasteiger partial charge in [0.2, 0.25) is 0 Å². The lowest BCUT2D eigenvalue weighted by molar-refractivity contribution is 0.100. The van der Waals surface area contributed by atoms with E-state index < -0.39 is 5.91 Å². The lowest BCUT2D eigenvalue weighted by Gasteiger charge is -2.10. The fourth-order valence-electron chi connectivity index (χ4n) is 1.66. The van der Waals surface area contributed by atoms with Crippen molar-refractivity contribution in [3.8, 4) is 6.07 Å². The second-order valence-corrected chi connectivity index (χ2v) is 3.98. The minimum absolute atomic E-state index is 0.323. The average molecular weight is 252 g/mol. The summed E-state index contributed by atoms with van der Waals surface area (Å²) in [7, 11) is 0. The normalized spacial score (nSPS) is 9.63. The molecule has 0 saturated heterocycles. The molecule has 5 N–H and O–H groups in total. The zero-order valence-corrected chi connectivity index (χ0v) is 10.1. The Kier molecular flexibility index (Phi) is 3.35. The predicted molar refractivity (Wildman–Crippen MR) is 73.8 cm³/mol. The van der Waals surface area contributed by atoms with Gasteiger partial charge in [0.1, 0.15) is 0 Å². The molecule has 0 aliphatic rings. The van der Waals surface area contributed by atoms with Crippen LogP contribution < -0.4 is 16.8 Å². The molecule has 0 fully saturated rings. The van der Waals surface area contributed by atoms with Crippen LogP contribution in [0.5, 0.6) is 0 Å². The molecule has 0 bridgehead atoms. The van der Waals surface area contributed by atoms with E-state index in [0.29, 0.717) is 22.5 Å². The van der Waals surface area contributed by atoms with Gasteiger partial charge in [-0.3, -0.25) is 4.79 Å². The van der Waals surface area contributed by atoms with Crippen molar-refractivity contribution < 1.29 is 4.79 Å². The number of anilines is 3. The molecule has 5 heteroatoms. The lowest BCUT2D eigenvalue weighted by atomic mass is 10.1. The fourth-order valence-corrected chi connectivity index (χ4v) is 1.66. The third-order valence-corrected chi connectivity index (χ3v) is 2.60. The van der Waals surface area contributed by atoms with Crippen LogP contribution >= 0.6 is 0 Å². The van der Waals surface area contributed by atoms with Crippen molar-refractivity contribution in [2.45, 2.75) is 0 Å². The number of hydrogen-bond donors (Lipinski definition) is 3. The van der Waals surface area contributed by atoms with Crippen molar-refractivity contribution in [3.63, 3.8) is 0 Å². The first kappa shape index (κ1) is 12.5. The van der Waals surface area contributed by atoms with Gasteiger partial charge >= 0.3 is 0 Å². The van der Waals surface area contributed by atoms with E-state index in [4.69, 9.17) is 16.7 Å². The highest BCUT2D eigenvalue weighted by Gasteiger charge is 2.08. The first-order chi connectivity index (χ1) is 9.10. The summed E-state index contributed by atoms with van der Waals surface area (Å²) in [4.78, 5) is 11.3. The van der Waals surface area contributed by atoms with Crippen LogP contribution in [0.1, 0.15) is 15.9 Å². The molecule has 0 heterocycles. The second kappa shape index (κ2) is 5.10. The number of hydrogen-bond acceptors (Lipinski definition) is 4. The van der Waals surface area contributed by atoms with Crippen molar-refractivity contribution in [2.24, 2.45) is 5.73 Å². The van der Waals surface area contributed by atoms with E-state index in [-0.39, 0.29) is 0 Å². The Labute approximate surface area is 110 Å². The van der Waals surface area contributed by atoms with Crippen LogP contribution in [0.4, 0.5) is 17.1 Å². The van der Waals surface area contributed by atoms with Gasteiger partial charge in [-0.05, 0) is 42.5 Å². The number of nitrogens with two attached hydrogens (primary N) is 2. The van der Waals surface area contributed by atoms with Crippen molar-refractivity contribution >= 4 is 23.0 Å². The maximum Gasteiger partial charge on any atom is 0.250 e. The van der Waals surface area contributed by atoms with Gasteiger partial charge in [0.05, 0.1) is 22.9 Å². The molecule has 2 aromatic carbocycles. The van der Waals surface area contributed by atoms with Gasteiger partial charge in [-0.1, -0.05) is 0 Å². The molecular weight excluding hydrogens is 240 g/mol. The summed E-state index contributed by atoms with van der Waals surface area (Å²) in [5.74, 6) is -0.552. The molecule has 0 aliphatic heterocycles. The van der Waals surface area contributed by atoms with Gasteiger partial charge < -0.3 is 16.8 Å². The van der Waals surface area contributed by atoms with Crippen LogP contribution in [-0.2, 0) is 0 Å². The summed E-state index contributed by atoms with van der Waals surface area (Å²) in [5, 5.41) is 11.8. The molecule has 0 aliphatic carbocycles. The van der Waals surface area contributed by atoms with Gasteiger partial charge in [0.15, 0.2) is 0 Å². The molecule has 2 rings (SSSR count). The topological polar surface area (TPSA) is 105 Å². The van der Waals surface area contributed by atoms with Gasteiger partial charge in [0.25, 0.3) is 5.91 Å². The van der Waals surface area contributed by atoms with Crippen molar-refractivity contribution in [3.05, 3.63) is 53.6 Å². The predicted octanol–water partition coefficient (Wildman–Crippen LogP) is 1.98. The van der Waals surface area contributed by atoms with E-state index in [0.717, 1.165) is 5.69 Å². The molecule has 0 spiro atoms. The van der Waals surface area contributed by atoms with Gasteiger partial charge in [-0.2, -0.15) is 5.26 Å². The van der Waals surface area contributed by atoms with E-state index in [1.54, 1.807) is 36.4 Å². The third kappa shape index (κ3) is 2.82. The Morgan fingerprint density at radius 1 is 1.16 bits per heavy atom. The number of nitrogens with one attached hydrogen (secondary N) is 1. The van der Waals surface area contributed by atoms with Gasteiger partial charge in [-0.25, -0.2) is 0 Å². The minimum atomic E-state index is -0.552. The molecule has 2 aromatic rings.